The highest BCUT2D eigenvalue weighted by Gasteiger charge is 2.21. The third kappa shape index (κ3) is 2.68. The van der Waals surface area contributed by atoms with Gasteiger partial charge in [-0.2, -0.15) is 14.7 Å². The lowest BCUT2D eigenvalue weighted by Gasteiger charge is -2.10. The number of fused-ring (bicyclic) bond motifs is 2. The lowest BCUT2D eigenvalue weighted by atomic mass is 9.99. The van der Waals surface area contributed by atoms with Gasteiger partial charge in [0.15, 0.2) is 10.8 Å². The van der Waals surface area contributed by atoms with Crippen LogP contribution in [-0.4, -0.2) is 34.6 Å². The highest BCUT2D eigenvalue weighted by atomic mass is 32.1. The van der Waals surface area contributed by atoms with Gasteiger partial charge in [-0.1, -0.05) is 37.3 Å². The number of aryl methyl sites for hydroxylation is 2. The van der Waals surface area contributed by atoms with Crippen molar-refractivity contribution in [2.45, 2.75) is 26.2 Å². The molecule has 0 radical (unpaired) electrons. The molecule has 1 aromatic carbocycles. The molecule has 0 aliphatic carbocycles. The van der Waals surface area contributed by atoms with Gasteiger partial charge in [-0.3, -0.25) is 9.67 Å². The fraction of sp³-hybridized carbons (Fsp3) is 0.250. The third-order valence-corrected chi connectivity index (χ3v) is 5.93. The highest BCUT2D eigenvalue weighted by Crippen LogP contribution is 2.31. The Balaban J connectivity index is 1.57. The number of hydrogen-bond donors (Lipinski definition) is 0. The van der Waals surface area contributed by atoms with Crippen molar-refractivity contribution in [1.82, 2.24) is 34.6 Å². The second-order valence-corrected chi connectivity index (χ2v) is 7.81. The van der Waals surface area contributed by atoms with Crippen molar-refractivity contribution in [3.8, 4) is 10.6 Å². The normalized spacial score (nSPS) is 12.8. The summed E-state index contributed by atoms with van der Waals surface area (Å²) in [6.45, 7) is 4.24. The van der Waals surface area contributed by atoms with Gasteiger partial charge in [-0.05, 0) is 30.2 Å². The van der Waals surface area contributed by atoms with E-state index < -0.39 is 0 Å². The van der Waals surface area contributed by atoms with Crippen molar-refractivity contribution in [2.24, 2.45) is 7.05 Å². The summed E-state index contributed by atoms with van der Waals surface area (Å²) in [7, 11) is 1.94. The molecule has 5 aromatic rings. The Bertz CT molecular complexity index is 1300. The van der Waals surface area contributed by atoms with E-state index in [2.05, 4.69) is 58.4 Å². The van der Waals surface area contributed by atoms with Crippen molar-refractivity contribution in [2.75, 3.05) is 0 Å². The molecule has 0 N–H and O–H groups in total. The van der Waals surface area contributed by atoms with Crippen LogP contribution in [0.25, 0.3) is 26.4 Å². The molecule has 7 nitrogen and oxygen atoms in total. The number of aromatic nitrogens is 7. The van der Waals surface area contributed by atoms with E-state index in [1.807, 2.05) is 34.7 Å². The summed E-state index contributed by atoms with van der Waals surface area (Å²) in [5.74, 6) is 0.900. The number of pyridine rings is 1. The zero-order valence-corrected chi connectivity index (χ0v) is 16.7. The molecule has 5 rings (SSSR count). The summed E-state index contributed by atoms with van der Waals surface area (Å²) < 4.78 is 3.70. The van der Waals surface area contributed by atoms with Gasteiger partial charge in [0.05, 0.1) is 16.8 Å². The predicted octanol–water partition coefficient (Wildman–Crippen LogP) is 3.85. The molecule has 0 aliphatic heterocycles. The maximum absolute atomic E-state index is 4.82. The largest absolute Gasteiger partial charge is 0.275 e. The van der Waals surface area contributed by atoms with Crippen LogP contribution in [0.15, 0.2) is 42.7 Å². The van der Waals surface area contributed by atoms with E-state index >= 15 is 0 Å². The van der Waals surface area contributed by atoms with E-state index in [0.717, 1.165) is 44.4 Å². The van der Waals surface area contributed by atoms with Gasteiger partial charge in [0.2, 0.25) is 4.96 Å². The number of benzene rings is 1. The maximum atomic E-state index is 4.82. The molecule has 0 amide bonds. The molecule has 4 heterocycles. The lowest BCUT2D eigenvalue weighted by Crippen LogP contribution is -2.03. The van der Waals surface area contributed by atoms with Crippen molar-refractivity contribution in [3.05, 3.63) is 59.8 Å². The van der Waals surface area contributed by atoms with Gasteiger partial charge in [0.1, 0.15) is 0 Å². The smallest absolute Gasteiger partial charge is 0.235 e. The van der Waals surface area contributed by atoms with Crippen LogP contribution in [0.3, 0.4) is 0 Å². The maximum Gasteiger partial charge on any atom is 0.235 e. The summed E-state index contributed by atoms with van der Waals surface area (Å²) in [6.07, 6.45) is 4.70. The summed E-state index contributed by atoms with van der Waals surface area (Å²) in [5, 5.41) is 20.2. The summed E-state index contributed by atoms with van der Waals surface area (Å²) in [6, 6.07) is 10.4. The molecule has 0 aliphatic rings. The van der Waals surface area contributed by atoms with Crippen LogP contribution in [0.1, 0.15) is 36.8 Å². The van der Waals surface area contributed by atoms with Crippen LogP contribution >= 0.6 is 11.3 Å². The quantitative estimate of drug-likeness (QED) is 0.467. The molecule has 0 fully saturated rings. The second-order valence-electron chi connectivity index (χ2n) is 6.85. The van der Waals surface area contributed by atoms with Crippen molar-refractivity contribution in [1.29, 1.82) is 0 Å². The molecular weight excluding hydrogens is 370 g/mol. The molecule has 0 unspecified atom stereocenters. The topological polar surface area (TPSA) is 73.8 Å². The average Bonchev–Trinajstić information content (AvgIpc) is 3.40. The first-order valence-corrected chi connectivity index (χ1v) is 10.1. The van der Waals surface area contributed by atoms with E-state index in [9.17, 15) is 0 Å². The van der Waals surface area contributed by atoms with Crippen LogP contribution in [-0.2, 0) is 13.5 Å². The first-order valence-electron chi connectivity index (χ1n) is 9.23. The molecule has 28 heavy (non-hydrogen) atoms. The molecule has 0 bridgehead atoms. The second kappa shape index (κ2) is 6.49. The zero-order chi connectivity index (χ0) is 19.3. The Morgan fingerprint density at radius 1 is 1.14 bits per heavy atom. The van der Waals surface area contributed by atoms with E-state index in [4.69, 9.17) is 5.10 Å². The summed E-state index contributed by atoms with van der Waals surface area (Å²) >= 11 is 1.54. The minimum Gasteiger partial charge on any atom is -0.275 e. The first-order chi connectivity index (χ1) is 13.6. The number of rotatable bonds is 4. The Morgan fingerprint density at radius 3 is 2.89 bits per heavy atom. The molecule has 0 saturated heterocycles. The minimum absolute atomic E-state index is 0.0640. The Hall–Kier alpha value is -3.13. The number of nitrogens with zero attached hydrogens (tertiary/aromatic N) is 7. The lowest BCUT2D eigenvalue weighted by molar-refractivity contribution is 0.746. The van der Waals surface area contributed by atoms with Gasteiger partial charge >= 0.3 is 0 Å². The van der Waals surface area contributed by atoms with Crippen molar-refractivity contribution in [3.63, 3.8) is 0 Å². The molecule has 140 valence electrons. The van der Waals surface area contributed by atoms with Crippen molar-refractivity contribution < 1.29 is 0 Å². The molecular formula is C20H19N7S. The van der Waals surface area contributed by atoms with Gasteiger partial charge in [-0.15, -0.1) is 10.2 Å². The standard InChI is InChI=1S/C20H19N7S/c1-4-16-15(11-26(3)24-16)19-25-27-18(22-23-20(27)28-19)12(2)13-7-8-17-14(10-13)6-5-9-21-17/h5-12H,4H2,1-3H3/t12-/m0/s1. The molecule has 8 heteroatoms. The van der Waals surface area contributed by atoms with Crippen molar-refractivity contribution >= 4 is 27.2 Å². The fourth-order valence-electron chi connectivity index (χ4n) is 3.50. The summed E-state index contributed by atoms with van der Waals surface area (Å²) in [4.78, 5) is 5.19. The minimum atomic E-state index is 0.0640. The first kappa shape index (κ1) is 17.0. The molecule has 4 aromatic heterocycles. The monoisotopic (exact) mass is 389 g/mol. The summed E-state index contributed by atoms with van der Waals surface area (Å²) in [5.41, 5.74) is 4.27. The molecule has 0 spiro atoms. The SMILES string of the molecule is CCc1nn(C)cc1-c1nn2c([C@@H](C)c3ccc4ncccc4c3)nnc2s1. The van der Waals surface area contributed by atoms with Gasteiger partial charge in [-0.25, -0.2) is 0 Å². The van der Waals surface area contributed by atoms with Crippen LogP contribution in [0, 0.1) is 0 Å². The third-order valence-electron chi connectivity index (χ3n) is 5.00. The van der Waals surface area contributed by atoms with E-state index in [1.165, 1.54) is 5.56 Å². The molecule has 1 atom stereocenters. The molecule has 0 saturated carbocycles. The Kier molecular flexibility index (Phi) is 3.94. The van der Waals surface area contributed by atoms with Crippen LogP contribution in [0.4, 0.5) is 0 Å². The Morgan fingerprint density at radius 2 is 2.04 bits per heavy atom. The van der Waals surface area contributed by atoms with Gasteiger partial charge in [0, 0.05) is 30.7 Å². The predicted molar refractivity (Wildman–Crippen MR) is 109 cm³/mol. The van der Waals surface area contributed by atoms with Gasteiger partial charge in [0.25, 0.3) is 0 Å². The van der Waals surface area contributed by atoms with Gasteiger partial charge < -0.3 is 0 Å². The highest BCUT2D eigenvalue weighted by molar-refractivity contribution is 7.19. The zero-order valence-electron chi connectivity index (χ0n) is 15.9. The van der Waals surface area contributed by atoms with E-state index in [0.29, 0.717) is 0 Å². The van der Waals surface area contributed by atoms with Crippen LogP contribution in [0.5, 0.6) is 0 Å². The Labute approximate surface area is 165 Å². The average molecular weight is 389 g/mol. The van der Waals surface area contributed by atoms with E-state index in [-0.39, 0.29) is 5.92 Å². The van der Waals surface area contributed by atoms with E-state index in [1.54, 1.807) is 11.3 Å². The fourth-order valence-corrected chi connectivity index (χ4v) is 4.38. The van der Waals surface area contributed by atoms with Crippen LogP contribution in [0.2, 0.25) is 0 Å². The number of hydrogen-bond acceptors (Lipinski definition) is 6. The van der Waals surface area contributed by atoms with Crippen LogP contribution < -0.4 is 0 Å².